The minimum atomic E-state index is -0.448. The average molecular weight is 353 g/mol. The molecule has 24 heavy (non-hydrogen) atoms. The van der Waals surface area contributed by atoms with E-state index in [1.54, 1.807) is 12.5 Å². The van der Waals surface area contributed by atoms with Crippen LogP contribution >= 0.6 is 11.8 Å². The SMILES string of the molecule is Cn1c(SCCCCCCC(=O)NO)nc2ccc(F)cc2c1=O. The molecule has 0 saturated carbocycles. The molecule has 8 heteroatoms. The van der Waals surface area contributed by atoms with Crippen molar-refractivity contribution in [3.8, 4) is 0 Å². The molecule has 2 N–H and O–H groups in total. The number of hydrogen-bond donors (Lipinski definition) is 2. The molecule has 2 aromatic rings. The van der Waals surface area contributed by atoms with Crippen molar-refractivity contribution < 1.29 is 14.4 Å². The summed E-state index contributed by atoms with van der Waals surface area (Å²) in [5, 5.41) is 9.27. The minimum Gasteiger partial charge on any atom is -0.290 e. The van der Waals surface area contributed by atoms with E-state index >= 15 is 0 Å². The average Bonchev–Trinajstić information content (AvgIpc) is 2.58. The first-order chi connectivity index (χ1) is 11.5. The topological polar surface area (TPSA) is 84.2 Å². The lowest BCUT2D eigenvalue weighted by Gasteiger charge is -2.08. The lowest BCUT2D eigenvalue weighted by molar-refractivity contribution is -0.129. The van der Waals surface area contributed by atoms with Crippen molar-refractivity contribution in [2.45, 2.75) is 37.3 Å². The lowest BCUT2D eigenvalue weighted by Crippen LogP contribution is -2.20. The number of hydroxylamine groups is 1. The summed E-state index contributed by atoms with van der Waals surface area (Å²) in [5.41, 5.74) is 1.86. The third-order valence-electron chi connectivity index (χ3n) is 3.65. The van der Waals surface area contributed by atoms with E-state index < -0.39 is 5.82 Å². The van der Waals surface area contributed by atoms with E-state index in [2.05, 4.69) is 4.98 Å². The van der Waals surface area contributed by atoms with Crippen molar-refractivity contribution in [1.29, 1.82) is 0 Å². The summed E-state index contributed by atoms with van der Waals surface area (Å²) in [6.45, 7) is 0. The highest BCUT2D eigenvalue weighted by molar-refractivity contribution is 7.99. The van der Waals surface area contributed by atoms with Gasteiger partial charge in [-0.15, -0.1) is 0 Å². The van der Waals surface area contributed by atoms with E-state index in [9.17, 15) is 14.0 Å². The fourth-order valence-electron chi connectivity index (χ4n) is 2.31. The summed E-state index contributed by atoms with van der Waals surface area (Å²) in [7, 11) is 1.63. The van der Waals surface area contributed by atoms with E-state index in [4.69, 9.17) is 5.21 Å². The first-order valence-electron chi connectivity index (χ1n) is 7.75. The molecule has 0 unspecified atom stereocenters. The number of benzene rings is 1. The van der Waals surface area contributed by atoms with Gasteiger partial charge in [-0.3, -0.25) is 19.4 Å². The Morgan fingerprint density at radius 1 is 1.33 bits per heavy atom. The van der Waals surface area contributed by atoms with E-state index in [1.807, 2.05) is 0 Å². The highest BCUT2D eigenvalue weighted by atomic mass is 32.2. The lowest BCUT2D eigenvalue weighted by atomic mass is 10.1. The van der Waals surface area contributed by atoms with Crippen molar-refractivity contribution in [2.75, 3.05) is 5.75 Å². The third-order valence-corrected chi connectivity index (χ3v) is 4.77. The zero-order valence-corrected chi connectivity index (χ0v) is 14.2. The van der Waals surface area contributed by atoms with Crippen LogP contribution in [0.2, 0.25) is 0 Å². The van der Waals surface area contributed by atoms with Crippen molar-refractivity contribution >= 4 is 28.6 Å². The molecule has 0 spiro atoms. The molecule has 0 fully saturated rings. The quantitative estimate of drug-likeness (QED) is 0.251. The highest BCUT2D eigenvalue weighted by Gasteiger charge is 2.09. The van der Waals surface area contributed by atoms with Crippen LogP contribution in [0.15, 0.2) is 28.2 Å². The molecular formula is C16H20FN3O3S. The highest BCUT2D eigenvalue weighted by Crippen LogP contribution is 2.19. The van der Waals surface area contributed by atoms with Crippen LogP contribution in [-0.2, 0) is 11.8 Å². The summed E-state index contributed by atoms with van der Waals surface area (Å²) in [4.78, 5) is 27.5. The van der Waals surface area contributed by atoms with Gasteiger partial charge in [0.15, 0.2) is 5.16 Å². The van der Waals surface area contributed by atoms with Gasteiger partial charge in [0.25, 0.3) is 5.56 Å². The van der Waals surface area contributed by atoms with Crippen LogP contribution < -0.4 is 11.0 Å². The molecule has 1 heterocycles. The molecule has 0 saturated heterocycles. The largest absolute Gasteiger partial charge is 0.290 e. The number of rotatable bonds is 8. The van der Waals surface area contributed by atoms with Crippen LogP contribution in [0, 0.1) is 5.82 Å². The number of unbranched alkanes of at least 4 members (excludes halogenated alkanes) is 3. The number of nitrogens with zero attached hydrogens (tertiary/aromatic N) is 2. The van der Waals surface area contributed by atoms with Crippen LogP contribution in [0.1, 0.15) is 32.1 Å². The maximum Gasteiger partial charge on any atom is 0.261 e. The number of aromatic nitrogens is 2. The maximum atomic E-state index is 13.3. The maximum absolute atomic E-state index is 13.3. The number of fused-ring (bicyclic) bond motifs is 1. The van der Waals surface area contributed by atoms with Crippen molar-refractivity contribution in [3.05, 3.63) is 34.4 Å². The Morgan fingerprint density at radius 3 is 2.83 bits per heavy atom. The van der Waals surface area contributed by atoms with Gasteiger partial charge in [-0.2, -0.15) is 0 Å². The molecule has 130 valence electrons. The monoisotopic (exact) mass is 353 g/mol. The van der Waals surface area contributed by atoms with Gasteiger partial charge >= 0.3 is 0 Å². The molecule has 6 nitrogen and oxygen atoms in total. The Morgan fingerprint density at radius 2 is 2.08 bits per heavy atom. The molecule has 0 aliphatic carbocycles. The van der Waals surface area contributed by atoms with Gasteiger partial charge in [0.1, 0.15) is 5.82 Å². The van der Waals surface area contributed by atoms with Gasteiger partial charge in [0.05, 0.1) is 10.9 Å². The van der Waals surface area contributed by atoms with E-state index in [0.717, 1.165) is 31.4 Å². The number of nitrogens with one attached hydrogen (secondary N) is 1. The van der Waals surface area contributed by atoms with Crippen LogP contribution in [0.5, 0.6) is 0 Å². The van der Waals surface area contributed by atoms with Gasteiger partial charge in [0, 0.05) is 19.2 Å². The van der Waals surface area contributed by atoms with Crippen molar-refractivity contribution in [3.63, 3.8) is 0 Å². The van der Waals surface area contributed by atoms with Crippen LogP contribution in [0.25, 0.3) is 10.9 Å². The van der Waals surface area contributed by atoms with Crippen molar-refractivity contribution in [2.24, 2.45) is 7.05 Å². The Labute approximate surface area is 143 Å². The molecular weight excluding hydrogens is 333 g/mol. The van der Waals surface area contributed by atoms with Gasteiger partial charge < -0.3 is 0 Å². The molecule has 2 rings (SSSR count). The molecule has 0 bridgehead atoms. The third kappa shape index (κ3) is 4.78. The molecule has 1 aromatic heterocycles. The summed E-state index contributed by atoms with van der Waals surface area (Å²) < 4.78 is 14.7. The van der Waals surface area contributed by atoms with Crippen LogP contribution in [0.3, 0.4) is 0 Å². The molecule has 0 aliphatic rings. The Hall–Kier alpha value is -1.93. The van der Waals surface area contributed by atoms with Crippen LogP contribution in [-0.4, -0.2) is 26.4 Å². The summed E-state index contributed by atoms with van der Waals surface area (Å²) in [6.07, 6.45) is 3.84. The molecule has 1 aromatic carbocycles. The van der Waals surface area contributed by atoms with E-state index in [-0.39, 0.29) is 16.9 Å². The van der Waals surface area contributed by atoms with Gasteiger partial charge in [0.2, 0.25) is 5.91 Å². The predicted octanol–water partition coefficient (Wildman–Crippen LogP) is 2.62. The minimum absolute atomic E-state index is 0.253. The van der Waals surface area contributed by atoms with Gasteiger partial charge in [-0.25, -0.2) is 14.9 Å². The summed E-state index contributed by atoms with van der Waals surface area (Å²) >= 11 is 1.49. The van der Waals surface area contributed by atoms with Crippen LogP contribution in [0.4, 0.5) is 4.39 Å². The molecule has 0 atom stereocenters. The normalized spacial score (nSPS) is 11.0. The summed E-state index contributed by atoms with van der Waals surface area (Å²) in [5.74, 6) is -0.00743. The zero-order chi connectivity index (χ0) is 17.5. The number of halogens is 1. The fourth-order valence-corrected chi connectivity index (χ4v) is 3.28. The fraction of sp³-hybridized carbons (Fsp3) is 0.438. The van der Waals surface area contributed by atoms with E-state index in [1.165, 1.54) is 34.5 Å². The molecule has 1 amide bonds. The smallest absolute Gasteiger partial charge is 0.261 e. The van der Waals surface area contributed by atoms with E-state index in [0.29, 0.717) is 17.1 Å². The first-order valence-corrected chi connectivity index (χ1v) is 8.73. The number of carbonyl (C=O) groups is 1. The molecule has 0 radical (unpaired) electrons. The summed E-state index contributed by atoms with van der Waals surface area (Å²) in [6, 6.07) is 4.02. The second-order valence-corrected chi connectivity index (χ2v) is 6.53. The van der Waals surface area contributed by atoms with Gasteiger partial charge in [-0.05, 0) is 31.0 Å². The Bertz CT molecular complexity index is 779. The number of thioether (sulfide) groups is 1. The predicted molar refractivity (Wildman–Crippen MR) is 90.7 cm³/mol. The zero-order valence-electron chi connectivity index (χ0n) is 13.4. The Balaban J connectivity index is 1.87. The second-order valence-electron chi connectivity index (χ2n) is 5.47. The molecule has 0 aliphatic heterocycles. The second kappa shape index (κ2) is 8.79. The standard InChI is InChI=1S/C16H20FN3O3S/c1-20-15(22)12-10-11(17)7-8-13(12)18-16(20)24-9-5-3-2-4-6-14(21)19-23/h7-8,10,23H,2-6,9H2,1H3,(H,19,21). The van der Waals surface area contributed by atoms with Crippen molar-refractivity contribution in [1.82, 2.24) is 15.0 Å². The first kappa shape index (κ1) is 18.4. The number of hydrogen-bond acceptors (Lipinski definition) is 5. The number of amides is 1. The number of carbonyl (C=O) groups excluding carboxylic acids is 1. The van der Waals surface area contributed by atoms with Gasteiger partial charge in [-0.1, -0.05) is 24.6 Å². The Kier molecular flexibility index (Phi) is 6.74.